The number of carbonyl (C=O) groups excluding carboxylic acids is 1. The number of aliphatic hydroxyl groups is 1. The van der Waals surface area contributed by atoms with Gasteiger partial charge in [0.05, 0.1) is 29.3 Å². The molecule has 21 heavy (non-hydrogen) atoms. The highest BCUT2D eigenvalue weighted by atomic mass is 16.3. The quantitative estimate of drug-likeness (QED) is 0.910. The van der Waals surface area contributed by atoms with Gasteiger partial charge in [-0.25, -0.2) is 0 Å². The molecule has 1 aromatic heterocycles. The lowest BCUT2D eigenvalue weighted by atomic mass is 10.1. The number of furan rings is 1. The number of para-hydroxylation sites is 2. The second kappa shape index (κ2) is 6.01. The maximum absolute atomic E-state index is 12.1. The Morgan fingerprint density at radius 3 is 2.71 bits per heavy atom. The predicted molar refractivity (Wildman–Crippen MR) is 80.6 cm³/mol. The Hall–Kier alpha value is -2.27. The number of nitrogens with one attached hydrogen (secondary N) is 1. The molecule has 110 valence electrons. The number of aliphatic hydroxyl groups excluding tert-OH is 1. The molecule has 0 unspecified atom stereocenters. The Morgan fingerprint density at radius 2 is 2.00 bits per heavy atom. The first kappa shape index (κ1) is 13.7. The number of benzene rings is 1. The summed E-state index contributed by atoms with van der Waals surface area (Å²) in [7, 11) is 0. The largest absolute Gasteiger partial charge is 0.472 e. The third kappa shape index (κ3) is 3.08. The third-order valence-electron chi connectivity index (χ3n) is 3.74. The molecule has 1 amide bonds. The Bertz CT molecular complexity index is 602. The van der Waals surface area contributed by atoms with Gasteiger partial charge in [0.25, 0.3) is 5.91 Å². The predicted octanol–water partition coefficient (Wildman–Crippen LogP) is 2.49. The van der Waals surface area contributed by atoms with Gasteiger partial charge in [0, 0.05) is 13.1 Å². The highest BCUT2D eigenvalue weighted by Gasteiger charge is 2.20. The molecular formula is C16H18N2O3. The van der Waals surface area contributed by atoms with Crippen LogP contribution < -0.4 is 10.2 Å². The second-order valence-corrected chi connectivity index (χ2v) is 5.20. The first-order chi connectivity index (χ1) is 10.2. The smallest absolute Gasteiger partial charge is 0.258 e. The van der Waals surface area contributed by atoms with Crippen molar-refractivity contribution in [1.82, 2.24) is 0 Å². The van der Waals surface area contributed by atoms with E-state index in [1.807, 2.05) is 24.3 Å². The number of amides is 1. The van der Waals surface area contributed by atoms with E-state index in [4.69, 9.17) is 4.42 Å². The first-order valence-electron chi connectivity index (χ1n) is 7.09. The number of hydrogen-bond acceptors (Lipinski definition) is 4. The van der Waals surface area contributed by atoms with E-state index in [0.29, 0.717) is 5.56 Å². The van der Waals surface area contributed by atoms with Crippen molar-refractivity contribution in [3.63, 3.8) is 0 Å². The highest BCUT2D eigenvalue weighted by Crippen LogP contribution is 2.28. The monoisotopic (exact) mass is 286 g/mol. The van der Waals surface area contributed by atoms with Gasteiger partial charge < -0.3 is 19.7 Å². The molecule has 3 rings (SSSR count). The van der Waals surface area contributed by atoms with Gasteiger partial charge in [-0.05, 0) is 31.0 Å². The summed E-state index contributed by atoms with van der Waals surface area (Å²) in [4.78, 5) is 14.3. The van der Waals surface area contributed by atoms with Crippen LogP contribution in [0.5, 0.6) is 0 Å². The average Bonchev–Trinajstić information content (AvgIpc) is 3.03. The molecule has 0 aliphatic carbocycles. The molecule has 0 saturated carbocycles. The van der Waals surface area contributed by atoms with Crippen LogP contribution >= 0.6 is 0 Å². The van der Waals surface area contributed by atoms with Gasteiger partial charge in [0.15, 0.2) is 0 Å². The van der Waals surface area contributed by atoms with Crippen molar-refractivity contribution < 1.29 is 14.3 Å². The van der Waals surface area contributed by atoms with Gasteiger partial charge in [-0.15, -0.1) is 0 Å². The van der Waals surface area contributed by atoms with E-state index < -0.39 is 0 Å². The van der Waals surface area contributed by atoms with Crippen molar-refractivity contribution in [2.45, 2.75) is 18.9 Å². The Balaban J connectivity index is 1.78. The summed E-state index contributed by atoms with van der Waals surface area (Å²) in [5, 5.41) is 12.5. The molecule has 0 bridgehead atoms. The van der Waals surface area contributed by atoms with Crippen LogP contribution in [-0.2, 0) is 0 Å². The molecule has 0 atom stereocenters. The van der Waals surface area contributed by atoms with Crippen LogP contribution in [0.25, 0.3) is 0 Å². The molecule has 0 spiro atoms. The molecule has 1 fully saturated rings. The van der Waals surface area contributed by atoms with Crippen molar-refractivity contribution in [2.24, 2.45) is 0 Å². The Kier molecular flexibility index (Phi) is 3.92. The number of nitrogens with zero attached hydrogens (tertiary/aromatic N) is 1. The maximum Gasteiger partial charge on any atom is 0.258 e. The maximum atomic E-state index is 12.1. The minimum absolute atomic E-state index is 0.187. The molecule has 1 aliphatic heterocycles. The molecule has 2 N–H and O–H groups in total. The summed E-state index contributed by atoms with van der Waals surface area (Å²) in [6, 6.07) is 9.36. The van der Waals surface area contributed by atoms with Gasteiger partial charge in [0.1, 0.15) is 6.26 Å². The molecule has 1 aliphatic rings. The lowest BCUT2D eigenvalue weighted by Gasteiger charge is -2.32. The lowest BCUT2D eigenvalue weighted by molar-refractivity contribution is 0.102. The summed E-state index contributed by atoms with van der Waals surface area (Å²) in [5.74, 6) is -0.187. The van der Waals surface area contributed by atoms with Crippen molar-refractivity contribution in [3.05, 3.63) is 48.4 Å². The fraction of sp³-hybridized carbons (Fsp3) is 0.312. The SMILES string of the molecule is O=C(Nc1ccccc1N1CCC(O)CC1)c1ccoc1. The number of rotatable bonds is 3. The van der Waals surface area contributed by atoms with Crippen LogP contribution in [0.15, 0.2) is 47.3 Å². The summed E-state index contributed by atoms with van der Waals surface area (Å²) >= 11 is 0. The summed E-state index contributed by atoms with van der Waals surface area (Å²) in [6.45, 7) is 1.58. The topological polar surface area (TPSA) is 65.7 Å². The van der Waals surface area contributed by atoms with Gasteiger partial charge in [-0.1, -0.05) is 12.1 Å². The van der Waals surface area contributed by atoms with Crippen molar-refractivity contribution in [3.8, 4) is 0 Å². The number of carbonyl (C=O) groups is 1. The van der Waals surface area contributed by atoms with E-state index in [-0.39, 0.29) is 12.0 Å². The third-order valence-corrected chi connectivity index (χ3v) is 3.74. The molecule has 5 heteroatoms. The van der Waals surface area contributed by atoms with E-state index in [0.717, 1.165) is 37.3 Å². The number of piperidine rings is 1. The van der Waals surface area contributed by atoms with Crippen LogP contribution in [0.3, 0.4) is 0 Å². The molecule has 0 radical (unpaired) electrons. The zero-order valence-corrected chi connectivity index (χ0v) is 11.7. The fourth-order valence-electron chi connectivity index (χ4n) is 2.55. The van der Waals surface area contributed by atoms with E-state index in [1.54, 1.807) is 6.07 Å². The zero-order chi connectivity index (χ0) is 14.7. The van der Waals surface area contributed by atoms with Gasteiger partial charge in [-0.3, -0.25) is 4.79 Å². The number of anilines is 2. The minimum Gasteiger partial charge on any atom is -0.472 e. The highest BCUT2D eigenvalue weighted by molar-refractivity contribution is 6.05. The first-order valence-corrected chi connectivity index (χ1v) is 7.09. The van der Waals surface area contributed by atoms with Crippen LogP contribution in [0, 0.1) is 0 Å². The molecule has 1 aromatic carbocycles. The van der Waals surface area contributed by atoms with E-state index in [1.165, 1.54) is 12.5 Å². The van der Waals surface area contributed by atoms with Gasteiger partial charge >= 0.3 is 0 Å². The van der Waals surface area contributed by atoms with Crippen molar-refractivity contribution in [1.29, 1.82) is 0 Å². The fourth-order valence-corrected chi connectivity index (χ4v) is 2.55. The normalized spacial score (nSPS) is 16.0. The van der Waals surface area contributed by atoms with Crippen LogP contribution in [0.1, 0.15) is 23.2 Å². The lowest BCUT2D eigenvalue weighted by Crippen LogP contribution is -2.36. The summed E-state index contributed by atoms with van der Waals surface area (Å²) in [5.41, 5.74) is 2.26. The second-order valence-electron chi connectivity index (χ2n) is 5.20. The van der Waals surface area contributed by atoms with Crippen LogP contribution in [0.4, 0.5) is 11.4 Å². The van der Waals surface area contributed by atoms with E-state index in [9.17, 15) is 9.90 Å². The van der Waals surface area contributed by atoms with Crippen LogP contribution in [-0.4, -0.2) is 30.2 Å². The van der Waals surface area contributed by atoms with Crippen molar-refractivity contribution >= 4 is 17.3 Å². The molecular weight excluding hydrogens is 268 g/mol. The molecule has 2 aromatic rings. The summed E-state index contributed by atoms with van der Waals surface area (Å²) < 4.78 is 4.93. The van der Waals surface area contributed by atoms with Gasteiger partial charge in [-0.2, -0.15) is 0 Å². The molecule has 5 nitrogen and oxygen atoms in total. The van der Waals surface area contributed by atoms with E-state index in [2.05, 4.69) is 10.2 Å². The zero-order valence-electron chi connectivity index (χ0n) is 11.7. The average molecular weight is 286 g/mol. The Labute approximate surface area is 123 Å². The van der Waals surface area contributed by atoms with Crippen LogP contribution in [0.2, 0.25) is 0 Å². The van der Waals surface area contributed by atoms with Gasteiger partial charge in [0.2, 0.25) is 0 Å². The standard InChI is InChI=1S/C16H18N2O3/c19-13-5-8-18(9-6-13)15-4-2-1-3-14(15)17-16(20)12-7-10-21-11-12/h1-4,7,10-11,13,19H,5-6,8-9H2,(H,17,20). The summed E-state index contributed by atoms with van der Waals surface area (Å²) in [6.07, 6.45) is 4.20. The number of hydrogen-bond donors (Lipinski definition) is 2. The van der Waals surface area contributed by atoms with E-state index >= 15 is 0 Å². The van der Waals surface area contributed by atoms with Crippen molar-refractivity contribution in [2.75, 3.05) is 23.3 Å². The molecule has 2 heterocycles. The minimum atomic E-state index is -0.214. The molecule has 1 saturated heterocycles. The Morgan fingerprint density at radius 1 is 1.24 bits per heavy atom.